The van der Waals surface area contributed by atoms with Gasteiger partial charge in [-0.05, 0) is 13.0 Å². The number of hydrogen-bond donors (Lipinski definition) is 0. The molecule has 3 aromatic rings. The Morgan fingerprint density at radius 3 is 2.78 bits per heavy atom. The van der Waals surface area contributed by atoms with Gasteiger partial charge in [-0.3, -0.25) is 4.79 Å². The number of rotatable bonds is 2. The van der Waals surface area contributed by atoms with Gasteiger partial charge in [0.1, 0.15) is 0 Å². The molecule has 0 atom stereocenters. The van der Waals surface area contributed by atoms with E-state index < -0.39 is 0 Å². The van der Waals surface area contributed by atoms with Gasteiger partial charge in [0.05, 0.1) is 11.8 Å². The molecule has 1 aromatic carbocycles. The summed E-state index contributed by atoms with van der Waals surface area (Å²) in [6, 6.07) is 9.27. The number of nitrogens with zero attached hydrogens (tertiary/aromatic N) is 3. The largest absolute Gasteiger partial charge is 0.288 e. The fourth-order valence-electron chi connectivity index (χ4n) is 1.85. The van der Waals surface area contributed by atoms with Crippen LogP contribution in [-0.4, -0.2) is 20.4 Å². The minimum absolute atomic E-state index is 0.0521. The predicted molar refractivity (Wildman–Crippen MR) is 67.6 cm³/mol. The molecule has 0 N–H and O–H groups in total. The van der Waals surface area contributed by atoms with Gasteiger partial charge in [-0.25, -0.2) is 9.50 Å². The van der Waals surface area contributed by atoms with E-state index in [1.165, 1.54) is 0 Å². The number of aromatic nitrogens is 3. The Bertz CT molecular complexity index is 713. The molecule has 4 nitrogen and oxygen atoms in total. The van der Waals surface area contributed by atoms with Crippen molar-refractivity contribution in [3.8, 4) is 0 Å². The van der Waals surface area contributed by atoms with Crippen LogP contribution in [0.5, 0.6) is 0 Å². The third-order valence-electron chi connectivity index (χ3n) is 2.84. The van der Waals surface area contributed by atoms with E-state index in [-0.39, 0.29) is 5.78 Å². The van der Waals surface area contributed by atoms with Crippen LogP contribution in [0.2, 0.25) is 0 Å². The minimum Gasteiger partial charge on any atom is -0.288 e. The Morgan fingerprint density at radius 1 is 1.22 bits per heavy atom. The van der Waals surface area contributed by atoms with Crippen molar-refractivity contribution in [1.29, 1.82) is 0 Å². The molecule has 3 rings (SSSR count). The number of carbonyl (C=O) groups excluding carboxylic acids is 1. The highest BCUT2D eigenvalue weighted by Gasteiger charge is 2.15. The first-order chi connectivity index (χ1) is 8.75. The average molecular weight is 237 g/mol. The molecule has 2 aromatic heterocycles. The summed E-state index contributed by atoms with van der Waals surface area (Å²) in [5.41, 5.74) is 2.90. The highest BCUT2D eigenvalue weighted by Crippen LogP contribution is 2.14. The molecule has 0 aliphatic heterocycles. The quantitative estimate of drug-likeness (QED) is 0.642. The first kappa shape index (κ1) is 10.7. The lowest BCUT2D eigenvalue weighted by molar-refractivity contribution is 0.104. The molecule has 0 saturated carbocycles. The maximum Gasteiger partial charge on any atom is 0.198 e. The normalized spacial score (nSPS) is 10.7. The van der Waals surface area contributed by atoms with Crippen LogP contribution in [0.4, 0.5) is 0 Å². The Balaban J connectivity index is 2.09. The topological polar surface area (TPSA) is 47.3 Å². The number of carbonyl (C=O) groups is 1. The van der Waals surface area contributed by atoms with Crippen molar-refractivity contribution < 1.29 is 4.79 Å². The lowest BCUT2D eigenvalue weighted by Crippen LogP contribution is -2.01. The number of aryl methyl sites for hydroxylation is 1. The molecule has 0 bridgehead atoms. The highest BCUT2D eigenvalue weighted by atomic mass is 16.1. The average Bonchev–Trinajstić information content (AvgIpc) is 2.82. The molecule has 0 radical (unpaired) electrons. The molecule has 0 unspecified atom stereocenters. The highest BCUT2D eigenvalue weighted by molar-refractivity contribution is 6.12. The molecule has 2 heterocycles. The van der Waals surface area contributed by atoms with Gasteiger partial charge in [-0.15, -0.1) is 0 Å². The van der Waals surface area contributed by atoms with E-state index in [0.29, 0.717) is 16.8 Å². The molecule has 0 saturated heterocycles. The van der Waals surface area contributed by atoms with E-state index >= 15 is 0 Å². The van der Waals surface area contributed by atoms with E-state index in [0.717, 1.165) is 5.56 Å². The van der Waals surface area contributed by atoms with Crippen molar-refractivity contribution in [2.45, 2.75) is 6.92 Å². The summed E-state index contributed by atoms with van der Waals surface area (Å²) >= 11 is 0. The number of benzene rings is 1. The van der Waals surface area contributed by atoms with E-state index in [2.05, 4.69) is 10.1 Å². The standard InChI is InChI=1S/C14H11N3O/c1-10-3-5-11(6-4-10)13(18)12-9-16-17-8-2-7-15-14(12)17/h2-9H,1H3. The van der Waals surface area contributed by atoms with Crippen molar-refractivity contribution in [2.75, 3.05) is 0 Å². The van der Waals surface area contributed by atoms with Crippen LogP contribution in [-0.2, 0) is 0 Å². The number of hydrogen-bond acceptors (Lipinski definition) is 3. The van der Waals surface area contributed by atoms with Gasteiger partial charge in [0.2, 0.25) is 0 Å². The summed E-state index contributed by atoms with van der Waals surface area (Å²) in [6.07, 6.45) is 4.99. The number of ketones is 1. The van der Waals surface area contributed by atoms with Crippen LogP contribution >= 0.6 is 0 Å². The third kappa shape index (κ3) is 1.68. The smallest absolute Gasteiger partial charge is 0.198 e. The van der Waals surface area contributed by atoms with Gasteiger partial charge < -0.3 is 0 Å². The van der Waals surface area contributed by atoms with Crippen LogP contribution in [0, 0.1) is 6.92 Å². The van der Waals surface area contributed by atoms with Crippen molar-refractivity contribution in [1.82, 2.24) is 14.6 Å². The summed E-state index contributed by atoms with van der Waals surface area (Å²) in [7, 11) is 0. The Hall–Kier alpha value is -2.49. The summed E-state index contributed by atoms with van der Waals surface area (Å²) in [5.74, 6) is -0.0521. The molecule has 4 heteroatoms. The summed E-state index contributed by atoms with van der Waals surface area (Å²) in [5, 5.41) is 4.12. The fourth-order valence-corrected chi connectivity index (χ4v) is 1.85. The summed E-state index contributed by atoms with van der Waals surface area (Å²) < 4.78 is 1.60. The second kappa shape index (κ2) is 4.07. The zero-order valence-electron chi connectivity index (χ0n) is 9.87. The summed E-state index contributed by atoms with van der Waals surface area (Å²) in [6.45, 7) is 1.99. The van der Waals surface area contributed by atoms with E-state index in [9.17, 15) is 4.79 Å². The lowest BCUT2D eigenvalue weighted by Gasteiger charge is -1.99. The van der Waals surface area contributed by atoms with Gasteiger partial charge in [-0.2, -0.15) is 5.10 Å². The Morgan fingerprint density at radius 2 is 2.00 bits per heavy atom. The molecule has 88 valence electrons. The molecule has 0 spiro atoms. The zero-order valence-corrected chi connectivity index (χ0v) is 9.87. The minimum atomic E-state index is -0.0521. The first-order valence-corrected chi connectivity index (χ1v) is 5.65. The summed E-state index contributed by atoms with van der Waals surface area (Å²) in [4.78, 5) is 16.5. The number of fused-ring (bicyclic) bond motifs is 1. The predicted octanol–water partition coefficient (Wildman–Crippen LogP) is 2.27. The van der Waals surface area contributed by atoms with Gasteiger partial charge in [0.15, 0.2) is 11.4 Å². The van der Waals surface area contributed by atoms with E-state index in [4.69, 9.17) is 0 Å². The molecule has 0 aliphatic carbocycles. The molecule has 0 aliphatic rings. The molecule has 0 fully saturated rings. The molecule has 18 heavy (non-hydrogen) atoms. The van der Waals surface area contributed by atoms with Crippen LogP contribution in [0.1, 0.15) is 21.5 Å². The maximum atomic E-state index is 12.3. The first-order valence-electron chi connectivity index (χ1n) is 5.65. The van der Waals surface area contributed by atoms with Gasteiger partial charge >= 0.3 is 0 Å². The maximum absolute atomic E-state index is 12.3. The van der Waals surface area contributed by atoms with E-state index in [1.807, 2.05) is 31.2 Å². The van der Waals surface area contributed by atoms with Crippen LogP contribution < -0.4 is 0 Å². The van der Waals surface area contributed by atoms with Crippen molar-refractivity contribution in [3.63, 3.8) is 0 Å². The van der Waals surface area contributed by atoms with E-state index in [1.54, 1.807) is 29.2 Å². The monoisotopic (exact) mass is 237 g/mol. The van der Waals surface area contributed by atoms with Gasteiger partial charge in [0.25, 0.3) is 0 Å². The van der Waals surface area contributed by atoms with Crippen LogP contribution in [0.3, 0.4) is 0 Å². The second-order valence-corrected chi connectivity index (χ2v) is 4.14. The van der Waals surface area contributed by atoms with Crippen LogP contribution in [0.25, 0.3) is 5.65 Å². The van der Waals surface area contributed by atoms with Crippen molar-refractivity contribution in [3.05, 3.63) is 65.6 Å². The van der Waals surface area contributed by atoms with Gasteiger partial charge in [-0.1, -0.05) is 29.8 Å². The lowest BCUT2D eigenvalue weighted by atomic mass is 10.0. The Kier molecular flexibility index (Phi) is 2.41. The molecule has 0 amide bonds. The van der Waals surface area contributed by atoms with Gasteiger partial charge in [0, 0.05) is 18.0 Å². The molecular formula is C14H11N3O. The SMILES string of the molecule is Cc1ccc(C(=O)c2cnn3cccnc23)cc1. The fraction of sp³-hybridized carbons (Fsp3) is 0.0714. The Labute approximate surface area is 104 Å². The third-order valence-corrected chi connectivity index (χ3v) is 2.84. The zero-order chi connectivity index (χ0) is 12.5. The second-order valence-electron chi connectivity index (χ2n) is 4.14. The van der Waals surface area contributed by atoms with Crippen molar-refractivity contribution >= 4 is 11.4 Å². The van der Waals surface area contributed by atoms with Crippen LogP contribution in [0.15, 0.2) is 48.9 Å². The molecular weight excluding hydrogens is 226 g/mol. The van der Waals surface area contributed by atoms with Crippen molar-refractivity contribution in [2.24, 2.45) is 0 Å².